The Morgan fingerprint density at radius 1 is 0.889 bits per heavy atom. The molecule has 2 aromatic rings. The molecule has 1 aliphatic rings. The standard InChI is InChI=1S/C22H23FO4/c1-2-15-3-5-16(6-4-15)21(24)26-19-11-13-20(14-12-19)27-22(25)17-7-9-18(23)10-8-17/h7-16H,2-6H2,1H3/t15-,16-. The zero-order valence-corrected chi connectivity index (χ0v) is 15.3. The van der Waals surface area contributed by atoms with Gasteiger partial charge in [0.15, 0.2) is 0 Å². The van der Waals surface area contributed by atoms with Crippen molar-refractivity contribution in [1.82, 2.24) is 0 Å². The predicted octanol–water partition coefficient (Wildman–Crippen LogP) is 5.17. The first-order chi connectivity index (χ1) is 13.0. The highest BCUT2D eigenvalue weighted by Gasteiger charge is 2.27. The zero-order chi connectivity index (χ0) is 19.2. The van der Waals surface area contributed by atoms with Gasteiger partial charge in [-0.05, 0) is 80.1 Å². The van der Waals surface area contributed by atoms with Crippen LogP contribution in [0.4, 0.5) is 4.39 Å². The van der Waals surface area contributed by atoms with Crippen molar-refractivity contribution in [3.63, 3.8) is 0 Å². The zero-order valence-electron chi connectivity index (χ0n) is 15.3. The van der Waals surface area contributed by atoms with Gasteiger partial charge < -0.3 is 9.47 Å². The molecule has 0 aromatic heterocycles. The van der Waals surface area contributed by atoms with Gasteiger partial charge in [0.25, 0.3) is 0 Å². The van der Waals surface area contributed by atoms with Crippen molar-refractivity contribution >= 4 is 11.9 Å². The molecule has 3 rings (SSSR count). The molecular weight excluding hydrogens is 347 g/mol. The van der Waals surface area contributed by atoms with E-state index < -0.39 is 11.8 Å². The quantitative estimate of drug-likeness (QED) is 0.538. The Balaban J connectivity index is 1.53. The summed E-state index contributed by atoms with van der Waals surface area (Å²) in [5.74, 6) is 0.258. The summed E-state index contributed by atoms with van der Waals surface area (Å²) in [6.07, 6.45) is 5.08. The molecule has 27 heavy (non-hydrogen) atoms. The lowest BCUT2D eigenvalue weighted by Gasteiger charge is -2.26. The van der Waals surface area contributed by atoms with Crippen LogP contribution in [0.2, 0.25) is 0 Å². The monoisotopic (exact) mass is 370 g/mol. The van der Waals surface area contributed by atoms with Gasteiger partial charge in [-0.15, -0.1) is 0 Å². The van der Waals surface area contributed by atoms with Crippen LogP contribution in [0.5, 0.6) is 11.5 Å². The van der Waals surface area contributed by atoms with E-state index in [4.69, 9.17) is 9.47 Å². The molecule has 1 saturated carbocycles. The average molecular weight is 370 g/mol. The second-order valence-corrected chi connectivity index (χ2v) is 6.91. The SMILES string of the molecule is CC[C@H]1CC[C@H](C(=O)Oc2ccc(OC(=O)c3ccc(F)cc3)cc2)CC1. The number of carbonyl (C=O) groups is 2. The van der Waals surface area contributed by atoms with E-state index in [1.54, 1.807) is 24.3 Å². The lowest BCUT2D eigenvalue weighted by Crippen LogP contribution is -2.25. The average Bonchev–Trinajstić information content (AvgIpc) is 2.70. The van der Waals surface area contributed by atoms with Gasteiger partial charge in [-0.1, -0.05) is 13.3 Å². The maximum absolute atomic E-state index is 12.9. The summed E-state index contributed by atoms with van der Waals surface area (Å²) >= 11 is 0. The molecular formula is C22H23FO4. The summed E-state index contributed by atoms with van der Waals surface area (Å²) in [5, 5.41) is 0. The van der Waals surface area contributed by atoms with Crippen LogP contribution in [-0.2, 0) is 4.79 Å². The molecule has 2 aromatic carbocycles. The topological polar surface area (TPSA) is 52.6 Å². The minimum absolute atomic E-state index is 0.0382. The van der Waals surface area contributed by atoms with Gasteiger partial charge in [0, 0.05) is 0 Å². The fourth-order valence-electron chi connectivity index (χ4n) is 3.33. The van der Waals surface area contributed by atoms with Crippen molar-refractivity contribution in [3.05, 3.63) is 59.9 Å². The first-order valence-corrected chi connectivity index (χ1v) is 9.34. The van der Waals surface area contributed by atoms with E-state index >= 15 is 0 Å². The van der Waals surface area contributed by atoms with E-state index in [9.17, 15) is 14.0 Å². The Morgan fingerprint density at radius 3 is 2.00 bits per heavy atom. The number of carbonyl (C=O) groups excluding carboxylic acids is 2. The number of hydrogen-bond acceptors (Lipinski definition) is 4. The van der Waals surface area contributed by atoms with Crippen LogP contribution in [0.1, 0.15) is 49.4 Å². The number of hydrogen-bond donors (Lipinski definition) is 0. The molecule has 0 aliphatic heterocycles. The highest BCUT2D eigenvalue weighted by Crippen LogP contribution is 2.31. The first-order valence-electron chi connectivity index (χ1n) is 9.34. The number of ether oxygens (including phenoxy) is 2. The molecule has 0 saturated heterocycles. The molecule has 0 spiro atoms. The molecule has 1 fully saturated rings. The molecule has 5 heteroatoms. The highest BCUT2D eigenvalue weighted by molar-refractivity contribution is 5.91. The third-order valence-corrected chi connectivity index (χ3v) is 5.09. The molecule has 4 nitrogen and oxygen atoms in total. The van der Waals surface area contributed by atoms with Gasteiger partial charge in [-0.25, -0.2) is 9.18 Å². The molecule has 0 N–H and O–H groups in total. The molecule has 0 heterocycles. The summed E-state index contributed by atoms with van der Waals surface area (Å²) in [7, 11) is 0. The maximum atomic E-state index is 12.9. The summed E-state index contributed by atoms with van der Waals surface area (Å²) in [5.41, 5.74) is 0.259. The van der Waals surface area contributed by atoms with E-state index in [0.29, 0.717) is 11.5 Å². The van der Waals surface area contributed by atoms with Crippen LogP contribution in [0.3, 0.4) is 0 Å². The minimum atomic E-state index is -0.576. The predicted molar refractivity (Wildman–Crippen MR) is 99.2 cm³/mol. The van der Waals surface area contributed by atoms with Gasteiger partial charge in [-0.3, -0.25) is 4.79 Å². The minimum Gasteiger partial charge on any atom is -0.426 e. The van der Waals surface area contributed by atoms with E-state index in [0.717, 1.165) is 31.6 Å². The summed E-state index contributed by atoms with van der Waals surface area (Å²) in [4.78, 5) is 24.3. The Labute approximate surface area is 158 Å². The lowest BCUT2D eigenvalue weighted by molar-refractivity contribution is -0.140. The van der Waals surface area contributed by atoms with E-state index in [2.05, 4.69) is 6.92 Å². The van der Waals surface area contributed by atoms with Crippen molar-refractivity contribution in [3.8, 4) is 11.5 Å². The number of halogens is 1. The number of esters is 2. The summed E-state index contributed by atoms with van der Waals surface area (Å²) in [6.45, 7) is 2.19. The van der Waals surface area contributed by atoms with Crippen LogP contribution < -0.4 is 9.47 Å². The molecule has 0 atom stereocenters. The first kappa shape index (κ1) is 19.1. The summed E-state index contributed by atoms with van der Waals surface area (Å²) < 4.78 is 23.6. The Kier molecular flexibility index (Phi) is 6.22. The highest BCUT2D eigenvalue weighted by atomic mass is 19.1. The van der Waals surface area contributed by atoms with E-state index in [1.165, 1.54) is 30.7 Å². The van der Waals surface area contributed by atoms with Gasteiger partial charge in [-0.2, -0.15) is 0 Å². The van der Waals surface area contributed by atoms with Crippen LogP contribution in [0.25, 0.3) is 0 Å². The number of rotatable bonds is 5. The van der Waals surface area contributed by atoms with E-state index in [-0.39, 0.29) is 17.5 Å². The third kappa shape index (κ3) is 5.16. The second-order valence-electron chi connectivity index (χ2n) is 6.91. The summed E-state index contributed by atoms with van der Waals surface area (Å²) in [6, 6.07) is 11.5. The largest absolute Gasteiger partial charge is 0.426 e. The maximum Gasteiger partial charge on any atom is 0.343 e. The van der Waals surface area contributed by atoms with Crippen molar-refractivity contribution in [2.45, 2.75) is 39.0 Å². The van der Waals surface area contributed by atoms with Crippen LogP contribution >= 0.6 is 0 Å². The van der Waals surface area contributed by atoms with E-state index in [1.807, 2.05) is 0 Å². The van der Waals surface area contributed by atoms with Gasteiger partial charge in [0.2, 0.25) is 0 Å². The van der Waals surface area contributed by atoms with Crippen molar-refractivity contribution < 1.29 is 23.5 Å². The van der Waals surface area contributed by atoms with Gasteiger partial charge >= 0.3 is 11.9 Å². The van der Waals surface area contributed by atoms with Crippen LogP contribution in [0.15, 0.2) is 48.5 Å². The second kappa shape index (κ2) is 8.80. The molecule has 0 radical (unpaired) electrons. The van der Waals surface area contributed by atoms with Gasteiger partial charge in [0.05, 0.1) is 11.5 Å². The Morgan fingerprint density at radius 2 is 1.44 bits per heavy atom. The van der Waals surface area contributed by atoms with Crippen LogP contribution in [0, 0.1) is 17.7 Å². The van der Waals surface area contributed by atoms with Crippen molar-refractivity contribution in [2.24, 2.45) is 11.8 Å². The molecule has 0 bridgehead atoms. The Hall–Kier alpha value is -2.69. The lowest BCUT2D eigenvalue weighted by atomic mass is 9.81. The van der Waals surface area contributed by atoms with Crippen molar-refractivity contribution in [2.75, 3.05) is 0 Å². The van der Waals surface area contributed by atoms with Crippen LogP contribution in [-0.4, -0.2) is 11.9 Å². The molecule has 0 unspecified atom stereocenters. The smallest absolute Gasteiger partial charge is 0.343 e. The molecule has 0 amide bonds. The molecule has 142 valence electrons. The normalized spacial score (nSPS) is 19.3. The Bertz CT molecular complexity index is 775. The molecule has 1 aliphatic carbocycles. The van der Waals surface area contributed by atoms with Gasteiger partial charge in [0.1, 0.15) is 17.3 Å². The van der Waals surface area contributed by atoms with Crippen molar-refractivity contribution in [1.29, 1.82) is 0 Å². The fourth-order valence-corrected chi connectivity index (χ4v) is 3.33. The number of benzene rings is 2. The fraction of sp³-hybridized carbons (Fsp3) is 0.364. The third-order valence-electron chi connectivity index (χ3n) is 5.09.